The number of nitrogens with one attached hydrogen (secondary N) is 2. The van der Waals surface area contributed by atoms with Gasteiger partial charge in [0.15, 0.2) is 10.8 Å². The van der Waals surface area contributed by atoms with Gasteiger partial charge in [-0.1, -0.05) is 5.16 Å². The van der Waals surface area contributed by atoms with Crippen LogP contribution in [0.25, 0.3) is 0 Å². The van der Waals surface area contributed by atoms with Crippen LogP contribution in [0.15, 0.2) is 33.5 Å². The molecule has 3 amide bonds. The van der Waals surface area contributed by atoms with E-state index in [2.05, 4.69) is 20.8 Å². The molecule has 212 valence electrons. The van der Waals surface area contributed by atoms with Gasteiger partial charge in [0.1, 0.15) is 28.9 Å². The maximum atomic E-state index is 13.3. The molecule has 0 unspecified atom stereocenters. The first-order valence-electron chi connectivity index (χ1n) is 13.2. The number of hydrogen-bond donors (Lipinski definition) is 4. The number of nitrogen functional groups attached to an aromatic ring is 1. The number of oxime groups is 1. The Morgan fingerprint density at radius 2 is 2.05 bits per heavy atom. The van der Waals surface area contributed by atoms with Crippen LogP contribution < -0.4 is 16.4 Å². The monoisotopic (exact) mass is 587 g/mol. The molecule has 15 heteroatoms. The number of allylic oxidation sites excluding steroid dienone is 1. The van der Waals surface area contributed by atoms with Crippen molar-refractivity contribution in [3.8, 4) is 0 Å². The quantitative estimate of drug-likeness (QED) is 0.143. The number of nitrogens with two attached hydrogens (primary N) is 1. The molecule has 1 saturated carbocycles. The Bertz CT molecular complexity index is 1350. The van der Waals surface area contributed by atoms with E-state index in [1.807, 2.05) is 4.90 Å². The zero-order valence-corrected chi connectivity index (χ0v) is 23.1. The second kappa shape index (κ2) is 10.9. The lowest BCUT2D eigenvalue weighted by molar-refractivity contribution is -0.150. The van der Waals surface area contributed by atoms with E-state index in [0.29, 0.717) is 24.1 Å². The Morgan fingerprint density at radius 3 is 2.70 bits per heavy atom. The number of carbonyl (C=O) groups excluding carboxylic acids is 3. The van der Waals surface area contributed by atoms with Crippen molar-refractivity contribution in [1.29, 1.82) is 0 Å². The van der Waals surface area contributed by atoms with Crippen LogP contribution in [0.3, 0.4) is 0 Å². The number of carbonyl (C=O) groups is 4. The number of amides is 3. The Balaban J connectivity index is 1.19. The summed E-state index contributed by atoms with van der Waals surface area (Å²) >= 11 is 2.49. The lowest BCUT2D eigenvalue weighted by atomic mass is 10.0. The topological polar surface area (TPSA) is 180 Å². The molecule has 4 fully saturated rings. The van der Waals surface area contributed by atoms with Gasteiger partial charge in [0, 0.05) is 36.3 Å². The molecule has 0 radical (unpaired) electrons. The second-order valence-corrected chi connectivity index (χ2v) is 12.3. The number of fused-ring (bicyclic) bond motifs is 1. The van der Waals surface area contributed by atoms with E-state index in [9.17, 15) is 24.3 Å². The van der Waals surface area contributed by atoms with E-state index in [4.69, 9.17) is 10.6 Å². The third-order valence-corrected chi connectivity index (χ3v) is 9.74. The molecule has 6 rings (SSSR count). The van der Waals surface area contributed by atoms with Crippen molar-refractivity contribution in [3.05, 3.63) is 34.0 Å². The largest absolute Gasteiger partial charge is 0.477 e. The van der Waals surface area contributed by atoms with Crippen LogP contribution in [0.1, 0.15) is 37.8 Å². The first-order valence-corrected chi connectivity index (χ1v) is 15.1. The zero-order valence-electron chi connectivity index (χ0n) is 21.5. The van der Waals surface area contributed by atoms with E-state index < -0.39 is 29.2 Å². The summed E-state index contributed by atoms with van der Waals surface area (Å²) in [7, 11) is 0. The highest BCUT2D eigenvalue weighted by molar-refractivity contribution is 8.00. The van der Waals surface area contributed by atoms with Crippen molar-refractivity contribution in [2.45, 2.75) is 55.7 Å². The number of thiazole rings is 1. The van der Waals surface area contributed by atoms with Crippen molar-refractivity contribution in [1.82, 2.24) is 25.4 Å². The lowest BCUT2D eigenvalue weighted by Gasteiger charge is -2.49. The minimum Gasteiger partial charge on any atom is -0.477 e. The Kier molecular flexibility index (Phi) is 7.27. The molecule has 40 heavy (non-hydrogen) atoms. The maximum Gasteiger partial charge on any atom is 0.352 e. The standard InChI is InChI=1S/C25H29N7O6S2/c26-25-28-16(11-40-25)17(30-38-15-3-1-2-4-15)20(33)29-18-22(35)32-19(24(36)37)13(10-39-23(18)32)7-12-5-6-31(21(12)34)14-8-27-9-14/h7,11,14-15,18,23,27H,1-6,8-10H2,(H2,26,28)(H,29,33)(H,36,37)/b12-7+,30-17-/t18-,23-/m1/s1. The summed E-state index contributed by atoms with van der Waals surface area (Å²) in [6.45, 7) is 2.10. The fourth-order valence-electron chi connectivity index (χ4n) is 5.51. The highest BCUT2D eigenvalue weighted by atomic mass is 32.2. The molecule has 0 aromatic carbocycles. The van der Waals surface area contributed by atoms with E-state index in [-0.39, 0.29) is 46.0 Å². The summed E-state index contributed by atoms with van der Waals surface area (Å²) in [6, 6.07) is -0.793. The van der Waals surface area contributed by atoms with Gasteiger partial charge in [-0.2, -0.15) is 0 Å². The van der Waals surface area contributed by atoms with E-state index in [0.717, 1.165) is 50.1 Å². The van der Waals surface area contributed by atoms with Gasteiger partial charge in [-0.3, -0.25) is 19.3 Å². The molecule has 13 nitrogen and oxygen atoms in total. The van der Waals surface area contributed by atoms with Gasteiger partial charge in [-0.25, -0.2) is 9.78 Å². The summed E-state index contributed by atoms with van der Waals surface area (Å²) in [4.78, 5) is 64.4. The number of hydrogen-bond acceptors (Lipinski definition) is 11. The van der Waals surface area contributed by atoms with E-state index >= 15 is 0 Å². The summed E-state index contributed by atoms with van der Waals surface area (Å²) in [5, 5.41) is 21.2. The second-order valence-electron chi connectivity index (χ2n) is 10.3. The fraction of sp³-hybridized carbons (Fsp3) is 0.520. The van der Waals surface area contributed by atoms with Gasteiger partial charge in [0.2, 0.25) is 5.91 Å². The predicted octanol–water partition coefficient (Wildman–Crippen LogP) is 0.258. The molecular formula is C25H29N7O6S2. The molecule has 2 atom stereocenters. The third kappa shape index (κ3) is 4.86. The number of carboxylic acids is 1. The summed E-state index contributed by atoms with van der Waals surface area (Å²) < 4.78 is 0. The SMILES string of the molecule is Nc1nc(/C(=N/OC2CCCC2)C(=O)N[C@@H]2C(=O)N3C(C(=O)O)=C(/C=C4\CCN(C5CNC5)C4=O)CS[C@H]23)cs1. The van der Waals surface area contributed by atoms with Crippen LogP contribution in [-0.2, 0) is 24.0 Å². The molecule has 1 aliphatic carbocycles. The number of anilines is 1. The average Bonchev–Trinajstić information content (AvgIpc) is 3.65. The highest BCUT2D eigenvalue weighted by Gasteiger charge is 2.54. The van der Waals surface area contributed by atoms with Crippen LogP contribution in [0.5, 0.6) is 0 Å². The van der Waals surface area contributed by atoms with Crippen LogP contribution >= 0.6 is 23.1 Å². The lowest BCUT2D eigenvalue weighted by Crippen LogP contribution is -2.71. The Hall–Kier alpha value is -3.43. The summed E-state index contributed by atoms with van der Waals surface area (Å²) in [6.07, 6.45) is 5.80. The number of likely N-dealkylation sites (tertiary alicyclic amines) is 1. The van der Waals surface area contributed by atoms with Gasteiger partial charge in [-0.15, -0.1) is 23.1 Å². The number of rotatable bonds is 8. The van der Waals surface area contributed by atoms with Crippen molar-refractivity contribution in [2.75, 3.05) is 31.1 Å². The van der Waals surface area contributed by atoms with Crippen LogP contribution in [0, 0.1) is 0 Å². The molecule has 1 aromatic rings. The van der Waals surface area contributed by atoms with Crippen LogP contribution in [0.2, 0.25) is 0 Å². The van der Waals surface area contributed by atoms with Crippen LogP contribution in [-0.4, -0.2) is 98.2 Å². The highest BCUT2D eigenvalue weighted by Crippen LogP contribution is 2.41. The van der Waals surface area contributed by atoms with E-state index in [1.165, 1.54) is 16.7 Å². The minimum atomic E-state index is -1.26. The smallest absolute Gasteiger partial charge is 0.352 e. The zero-order chi connectivity index (χ0) is 28.0. The molecule has 0 spiro atoms. The van der Waals surface area contributed by atoms with E-state index in [1.54, 1.807) is 11.5 Å². The minimum absolute atomic E-state index is 0.0858. The van der Waals surface area contributed by atoms with Crippen LogP contribution in [0.4, 0.5) is 5.13 Å². The number of aliphatic carboxylic acids is 1. The number of thioether (sulfide) groups is 1. The molecule has 5 heterocycles. The fourth-order valence-corrected chi connectivity index (χ4v) is 7.36. The van der Waals surface area contributed by atoms with Gasteiger partial charge in [0.05, 0.1) is 6.04 Å². The molecule has 0 bridgehead atoms. The molecule has 3 saturated heterocycles. The van der Waals surface area contributed by atoms with Crippen molar-refractivity contribution in [2.24, 2.45) is 5.16 Å². The third-order valence-electron chi connectivity index (χ3n) is 7.77. The molecule has 4 aliphatic heterocycles. The van der Waals surface area contributed by atoms with Crippen molar-refractivity contribution >= 4 is 57.6 Å². The number of nitrogens with zero attached hydrogens (tertiary/aromatic N) is 4. The molecule has 5 aliphatic rings. The first-order chi connectivity index (χ1) is 19.3. The van der Waals surface area contributed by atoms with Crippen molar-refractivity contribution in [3.63, 3.8) is 0 Å². The molecule has 1 aromatic heterocycles. The average molecular weight is 588 g/mol. The van der Waals surface area contributed by atoms with Crippen molar-refractivity contribution < 1.29 is 29.1 Å². The normalized spacial score (nSPS) is 26.7. The van der Waals surface area contributed by atoms with Gasteiger partial charge in [-0.05, 0) is 43.8 Å². The van der Waals surface area contributed by atoms with Gasteiger partial charge < -0.3 is 31.2 Å². The molecular weight excluding hydrogens is 558 g/mol. The molecule has 5 N–H and O–H groups in total. The number of β-lactam (4-membered cyclic amide) rings is 1. The summed E-state index contributed by atoms with van der Waals surface area (Å²) in [5.41, 5.74) is 6.72. The van der Waals surface area contributed by atoms with Gasteiger partial charge in [0.25, 0.3) is 11.8 Å². The van der Waals surface area contributed by atoms with Gasteiger partial charge >= 0.3 is 5.97 Å². The Morgan fingerprint density at radius 1 is 1.27 bits per heavy atom. The number of carboxylic acid groups (broad SMARTS) is 1. The maximum absolute atomic E-state index is 13.3. The number of aromatic nitrogens is 1. The Labute approximate surface area is 237 Å². The predicted molar refractivity (Wildman–Crippen MR) is 147 cm³/mol. The first kappa shape index (κ1) is 26.8. The summed E-state index contributed by atoms with van der Waals surface area (Å²) in [5.74, 6) is -2.28.